The third kappa shape index (κ3) is 3.28. The van der Waals surface area contributed by atoms with Crippen molar-refractivity contribution < 1.29 is 9.59 Å². The van der Waals surface area contributed by atoms with Crippen LogP contribution in [0, 0.1) is 13.8 Å². The number of nitrogens with one attached hydrogen (secondary N) is 1. The second kappa shape index (κ2) is 6.05. The van der Waals surface area contributed by atoms with Crippen LogP contribution >= 0.6 is 11.6 Å². The summed E-state index contributed by atoms with van der Waals surface area (Å²) in [4.78, 5) is 23.4. The first kappa shape index (κ1) is 15.2. The number of aromatic nitrogens is 3. The number of carbonyl (C=O) groups is 2. The summed E-state index contributed by atoms with van der Waals surface area (Å²) in [6, 6.07) is 5.29. The number of Topliss-reactive ketones (excluding diaryl/α,β-unsaturated/α-hetero) is 1. The van der Waals surface area contributed by atoms with E-state index in [4.69, 9.17) is 11.6 Å². The fraction of sp³-hybridized carbons (Fsp3) is 0.286. The number of nitrogens with zero attached hydrogens (tertiary/aromatic N) is 3. The summed E-state index contributed by atoms with van der Waals surface area (Å²) in [5.74, 6) is -0.437. The predicted molar refractivity (Wildman–Crippen MR) is 79.6 cm³/mol. The first-order valence-electron chi connectivity index (χ1n) is 6.36. The number of hydrogen-bond acceptors (Lipinski definition) is 4. The van der Waals surface area contributed by atoms with Gasteiger partial charge in [-0.25, -0.2) is 4.68 Å². The number of ketones is 1. The van der Waals surface area contributed by atoms with Crippen molar-refractivity contribution in [3.8, 4) is 0 Å². The molecule has 0 bridgehead atoms. The summed E-state index contributed by atoms with van der Waals surface area (Å²) in [5, 5.41) is 10.9. The van der Waals surface area contributed by atoms with Gasteiger partial charge in [-0.3, -0.25) is 9.59 Å². The number of anilines is 1. The van der Waals surface area contributed by atoms with Crippen LogP contribution in [0.15, 0.2) is 18.2 Å². The lowest BCUT2D eigenvalue weighted by molar-refractivity contribution is -0.117. The smallest absolute Gasteiger partial charge is 0.246 e. The molecule has 2 rings (SSSR count). The summed E-state index contributed by atoms with van der Waals surface area (Å²) < 4.78 is 1.39. The molecule has 2 aromatic rings. The Balaban J connectivity index is 2.12. The van der Waals surface area contributed by atoms with Crippen LogP contribution in [0.5, 0.6) is 0 Å². The summed E-state index contributed by atoms with van der Waals surface area (Å²) in [7, 11) is 0. The lowest BCUT2D eigenvalue weighted by atomic mass is 10.2. The molecule has 0 aliphatic heterocycles. The van der Waals surface area contributed by atoms with Crippen LogP contribution in [0.25, 0.3) is 0 Å². The highest BCUT2D eigenvalue weighted by Crippen LogP contribution is 2.22. The standard InChI is InChI=1S/C14H15ClN4O2/c1-8-11(15)5-4-6-12(8)16-13(21)7-19-9(2)14(10(3)20)17-18-19/h4-6H,7H2,1-3H3,(H,16,21). The second-order valence-electron chi connectivity index (χ2n) is 4.70. The Bertz CT molecular complexity index is 709. The van der Waals surface area contributed by atoms with Gasteiger partial charge in [-0.15, -0.1) is 5.10 Å². The summed E-state index contributed by atoms with van der Waals surface area (Å²) in [5.41, 5.74) is 2.30. The Morgan fingerprint density at radius 3 is 2.67 bits per heavy atom. The molecule has 0 spiro atoms. The van der Waals surface area contributed by atoms with Gasteiger partial charge >= 0.3 is 0 Å². The predicted octanol–water partition coefficient (Wildman–Crippen LogP) is 2.39. The van der Waals surface area contributed by atoms with Crippen LogP contribution < -0.4 is 5.32 Å². The minimum atomic E-state index is -0.261. The van der Waals surface area contributed by atoms with Crippen molar-refractivity contribution in [3.63, 3.8) is 0 Å². The van der Waals surface area contributed by atoms with Gasteiger partial charge < -0.3 is 5.32 Å². The van der Waals surface area contributed by atoms with Gasteiger partial charge in [0.05, 0.1) is 5.69 Å². The number of carbonyl (C=O) groups excluding carboxylic acids is 2. The van der Waals surface area contributed by atoms with Gasteiger partial charge in [0.25, 0.3) is 0 Å². The minimum absolute atomic E-state index is 0.0158. The Labute approximate surface area is 127 Å². The van der Waals surface area contributed by atoms with E-state index in [0.717, 1.165) is 5.56 Å². The van der Waals surface area contributed by atoms with E-state index in [1.807, 2.05) is 6.92 Å². The van der Waals surface area contributed by atoms with Crippen LogP contribution in [-0.2, 0) is 11.3 Å². The summed E-state index contributed by atoms with van der Waals surface area (Å²) in [6.45, 7) is 4.93. The lowest BCUT2D eigenvalue weighted by Crippen LogP contribution is -2.21. The third-order valence-corrected chi connectivity index (χ3v) is 3.56. The van der Waals surface area contributed by atoms with Crippen molar-refractivity contribution >= 4 is 29.0 Å². The van der Waals surface area contributed by atoms with Crippen molar-refractivity contribution in [1.29, 1.82) is 0 Å². The van der Waals surface area contributed by atoms with E-state index in [1.54, 1.807) is 25.1 Å². The molecular weight excluding hydrogens is 292 g/mol. The van der Waals surface area contributed by atoms with Crippen LogP contribution in [0.4, 0.5) is 5.69 Å². The Hall–Kier alpha value is -2.21. The second-order valence-corrected chi connectivity index (χ2v) is 5.11. The van der Waals surface area contributed by atoms with Crippen LogP contribution in [0.2, 0.25) is 5.02 Å². The van der Waals surface area contributed by atoms with E-state index >= 15 is 0 Å². The highest BCUT2D eigenvalue weighted by atomic mass is 35.5. The molecule has 1 aromatic heterocycles. The quantitative estimate of drug-likeness (QED) is 0.880. The number of hydrogen-bond donors (Lipinski definition) is 1. The zero-order chi connectivity index (χ0) is 15.6. The molecule has 1 N–H and O–H groups in total. The van der Waals surface area contributed by atoms with Crippen molar-refractivity contribution in [2.75, 3.05) is 5.32 Å². The first-order valence-corrected chi connectivity index (χ1v) is 6.74. The van der Waals surface area contributed by atoms with E-state index in [-0.39, 0.29) is 23.9 Å². The molecule has 0 aliphatic carbocycles. The monoisotopic (exact) mass is 306 g/mol. The number of rotatable bonds is 4. The fourth-order valence-electron chi connectivity index (χ4n) is 1.90. The fourth-order valence-corrected chi connectivity index (χ4v) is 2.08. The minimum Gasteiger partial charge on any atom is -0.324 e. The summed E-state index contributed by atoms with van der Waals surface area (Å²) in [6.07, 6.45) is 0. The first-order chi connectivity index (χ1) is 9.90. The number of halogens is 1. The zero-order valence-corrected chi connectivity index (χ0v) is 12.7. The molecule has 7 heteroatoms. The number of amides is 1. The molecule has 0 saturated heterocycles. The van der Waals surface area contributed by atoms with Gasteiger partial charge in [-0.1, -0.05) is 22.9 Å². The maximum Gasteiger partial charge on any atom is 0.246 e. The molecule has 0 radical (unpaired) electrons. The van der Waals surface area contributed by atoms with Crippen LogP contribution in [0.1, 0.15) is 28.7 Å². The molecule has 0 fully saturated rings. The molecule has 0 atom stereocenters. The zero-order valence-electron chi connectivity index (χ0n) is 12.0. The molecule has 0 saturated carbocycles. The lowest BCUT2D eigenvalue weighted by Gasteiger charge is -2.09. The van der Waals surface area contributed by atoms with Gasteiger partial charge in [0.1, 0.15) is 6.54 Å². The Morgan fingerprint density at radius 2 is 2.05 bits per heavy atom. The molecule has 1 aromatic carbocycles. The number of benzene rings is 1. The van der Waals surface area contributed by atoms with Crippen LogP contribution in [-0.4, -0.2) is 26.7 Å². The van der Waals surface area contributed by atoms with E-state index < -0.39 is 0 Å². The Kier molecular flexibility index (Phi) is 4.37. The van der Waals surface area contributed by atoms with Gasteiger partial charge in [0, 0.05) is 17.6 Å². The van der Waals surface area contributed by atoms with E-state index in [0.29, 0.717) is 16.4 Å². The molecule has 1 amide bonds. The van der Waals surface area contributed by atoms with Crippen molar-refractivity contribution in [1.82, 2.24) is 15.0 Å². The topological polar surface area (TPSA) is 76.9 Å². The normalized spacial score (nSPS) is 10.5. The van der Waals surface area contributed by atoms with Crippen molar-refractivity contribution in [2.24, 2.45) is 0 Å². The van der Waals surface area contributed by atoms with E-state index in [9.17, 15) is 9.59 Å². The third-order valence-electron chi connectivity index (χ3n) is 3.15. The molecule has 21 heavy (non-hydrogen) atoms. The van der Waals surface area contributed by atoms with Gasteiger partial charge in [-0.05, 0) is 31.5 Å². The highest BCUT2D eigenvalue weighted by Gasteiger charge is 2.15. The largest absolute Gasteiger partial charge is 0.324 e. The maximum atomic E-state index is 12.0. The average Bonchev–Trinajstić information content (AvgIpc) is 2.77. The molecule has 6 nitrogen and oxygen atoms in total. The van der Waals surface area contributed by atoms with E-state index in [1.165, 1.54) is 11.6 Å². The summed E-state index contributed by atoms with van der Waals surface area (Å²) >= 11 is 6.00. The SMILES string of the molecule is CC(=O)c1nnn(CC(=O)Nc2cccc(Cl)c2C)c1C. The van der Waals surface area contributed by atoms with Gasteiger partial charge in [-0.2, -0.15) is 0 Å². The molecular formula is C14H15ClN4O2. The Morgan fingerprint density at radius 1 is 1.33 bits per heavy atom. The molecule has 1 heterocycles. The van der Waals surface area contributed by atoms with Crippen LogP contribution in [0.3, 0.4) is 0 Å². The molecule has 110 valence electrons. The van der Waals surface area contributed by atoms with Crippen molar-refractivity contribution in [3.05, 3.63) is 40.2 Å². The molecule has 0 unspecified atom stereocenters. The van der Waals surface area contributed by atoms with Gasteiger partial charge in [0.2, 0.25) is 5.91 Å². The van der Waals surface area contributed by atoms with E-state index in [2.05, 4.69) is 15.6 Å². The van der Waals surface area contributed by atoms with Gasteiger partial charge in [0.15, 0.2) is 11.5 Å². The highest BCUT2D eigenvalue weighted by molar-refractivity contribution is 6.31. The maximum absolute atomic E-state index is 12.0. The van der Waals surface area contributed by atoms with Crippen molar-refractivity contribution in [2.45, 2.75) is 27.3 Å². The molecule has 0 aliphatic rings. The average molecular weight is 307 g/mol.